The maximum absolute atomic E-state index is 16.6. The zero-order valence-corrected chi connectivity index (χ0v) is 31.3. The average Bonchev–Trinajstić information content (AvgIpc) is 3.55. The van der Waals surface area contributed by atoms with Gasteiger partial charge in [0.1, 0.15) is 0 Å². The molecule has 3 aliphatic rings. The Hall–Kier alpha value is -4.39. The minimum atomic E-state index is -3.60. The number of carbonyl (C=O) groups is 4. The predicted molar refractivity (Wildman–Crippen MR) is 198 cm³/mol. The van der Waals surface area contributed by atoms with Gasteiger partial charge >= 0.3 is 5.97 Å². The van der Waals surface area contributed by atoms with Crippen LogP contribution in [0.1, 0.15) is 55.7 Å². The fourth-order valence-corrected chi connectivity index (χ4v) is 11.0. The maximum Gasteiger partial charge on any atom is 0.305 e. The first kappa shape index (κ1) is 37.4. The standard InChI is InChI=1S/C40H48FN3O7Si/c1-27-38(52(3,4)41)34(25-36(47)42(22-23-45)26-28-12-6-5-7-13-28)51-40(27)31-24-30(44-32-15-9-8-14-29(32)17-20-35(44)46)18-19-33(31)43(39(40)49)21-11-10-16-37(48)50-2/h5-9,12-15,18-19,24,27,34,38,45H,10-11,16-17,20-23,25-26H2,1-4H3/t27-,34+,38-,40+/m1/s1. The number of ether oxygens (including phenoxy) is 2. The monoisotopic (exact) mass is 729 g/mol. The van der Waals surface area contributed by atoms with E-state index in [1.165, 1.54) is 7.11 Å². The summed E-state index contributed by atoms with van der Waals surface area (Å²) in [6, 6.07) is 22.7. The highest BCUT2D eigenvalue weighted by atomic mass is 28.4. The van der Waals surface area contributed by atoms with Crippen molar-refractivity contribution in [3.05, 3.63) is 89.5 Å². The number of hydrogen-bond acceptors (Lipinski definition) is 7. The molecular formula is C40H48FN3O7Si. The number of para-hydroxylation sites is 1. The molecule has 0 saturated carbocycles. The number of hydrogen-bond donors (Lipinski definition) is 1. The number of unbranched alkanes of at least 4 members (excludes halogenated alkanes) is 1. The molecule has 1 fully saturated rings. The molecule has 1 saturated heterocycles. The zero-order chi connectivity index (χ0) is 37.2. The lowest BCUT2D eigenvalue weighted by molar-refractivity contribution is -0.149. The second-order valence-electron chi connectivity index (χ2n) is 14.5. The largest absolute Gasteiger partial charge is 0.469 e. The van der Waals surface area contributed by atoms with Crippen molar-refractivity contribution in [1.29, 1.82) is 0 Å². The molecule has 3 amide bonds. The summed E-state index contributed by atoms with van der Waals surface area (Å²) >= 11 is 0. The van der Waals surface area contributed by atoms with Crippen LogP contribution in [0.5, 0.6) is 0 Å². The molecule has 4 atom stereocenters. The number of methoxy groups -OCH3 is 1. The number of carbonyl (C=O) groups excluding carboxylic acids is 4. The summed E-state index contributed by atoms with van der Waals surface area (Å²) in [5.74, 6) is -1.70. The third-order valence-corrected chi connectivity index (χ3v) is 13.3. The van der Waals surface area contributed by atoms with Crippen molar-refractivity contribution in [2.24, 2.45) is 5.92 Å². The highest BCUT2D eigenvalue weighted by molar-refractivity contribution is 6.72. The minimum Gasteiger partial charge on any atom is -0.469 e. The Morgan fingerprint density at radius 1 is 1.02 bits per heavy atom. The summed E-state index contributed by atoms with van der Waals surface area (Å²) in [5, 5.41) is 9.85. The molecule has 1 spiro atoms. The van der Waals surface area contributed by atoms with Gasteiger partial charge in [0.2, 0.25) is 20.2 Å². The van der Waals surface area contributed by atoms with E-state index in [-0.39, 0.29) is 62.8 Å². The van der Waals surface area contributed by atoms with E-state index in [2.05, 4.69) is 0 Å². The lowest BCUT2D eigenvalue weighted by Gasteiger charge is -2.32. The first-order valence-corrected chi connectivity index (χ1v) is 21.1. The molecule has 0 bridgehead atoms. The first-order valence-electron chi connectivity index (χ1n) is 18.1. The molecule has 3 heterocycles. The van der Waals surface area contributed by atoms with E-state index in [0.29, 0.717) is 42.6 Å². The molecule has 12 heteroatoms. The van der Waals surface area contributed by atoms with Crippen LogP contribution in [0.4, 0.5) is 21.2 Å². The van der Waals surface area contributed by atoms with Crippen LogP contribution in [0, 0.1) is 5.92 Å². The zero-order valence-electron chi connectivity index (χ0n) is 30.3. The van der Waals surface area contributed by atoms with E-state index in [9.17, 15) is 24.3 Å². The van der Waals surface area contributed by atoms with Crippen LogP contribution in [0.2, 0.25) is 18.6 Å². The minimum absolute atomic E-state index is 0.0712. The Kier molecular flexibility index (Phi) is 11.0. The highest BCUT2D eigenvalue weighted by Gasteiger charge is 2.67. The van der Waals surface area contributed by atoms with Crippen LogP contribution in [0.25, 0.3) is 0 Å². The van der Waals surface area contributed by atoms with Gasteiger partial charge in [-0.2, -0.15) is 0 Å². The fraction of sp³-hybridized carbons (Fsp3) is 0.450. The lowest BCUT2D eigenvalue weighted by atomic mass is 9.82. The van der Waals surface area contributed by atoms with Crippen LogP contribution in [0.15, 0.2) is 72.8 Å². The second-order valence-corrected chi connectivity index (χ2v) is 18.3. The van der Waals surface area contributed by atoms with Crippen molar-refractivity contribution >= 4 is 49.2 Å². The van der Waals surface area contributed by atoms with Crippen molar-refractivity contribution < 1.29 is 37.9 Å². The smallest absolute Gasteiger partial charge is 0.305 e. The van der Waals surface area contributed by atoms with Gasteiger partial charge in [-0.3, -0.25) is 24.1 Å². The van der Waals surface area contributed by atoms with Gasteiger partial charge in [-0.1, -0.05) is 55.5 Å². The number of anilines is 3. The number of aliphatic hydroxyl groups excluding tert-OH is 1. The molecule has 0 aromatic heterocycles. The summed E-state index contributed by atoms with van der Waals surface area (Å²) in [5.41, 5.74) is 2.10. The summed E-state index contributed by atoms with van der Waals surface area (Å²) in [6.45, 7) is 5.44. The van der Waals surface area contributed by atoms with Gasteiger partial charge in [0.15, 0.2) is 5.60 Å². The Bertz CT molecular complexity index is 1820. The summed E-state index contributed by atoms with van der Waals surface area (Å²) in [6.07, 6.45) is 1.10. The molecule has 0 unspecified atom stereocenters. The molecule has 6 rings (SSSR count). The van der Waals surface area contributed by atoms with Gasteiger partial charge in [-0.15, -0.1) is 0 Å². The van der Waals surface area contributed by atoms with Gasteiger partial charge in [0.05, 0.1) is 37.6 Å². The van der Waals surface area contributed by atoms with E-state index in [1.54, 1.807) is 27.8 Å². The van der Waals surface area contributed by atoms with E-state index < -0.39 is 31.6 Å². The number of halogens is 1. The summed E-state index contributed by atoms with van der Waals surface area (Å²) < 4.78 is 28.3. The Morgan fingerprint density at radius 2 is 1.75 bits per heavy atom. The molecule has 3 aromatic rings. The highest BCUT2D eigenvalue weighted by Crippen LogP contribution is 2.61. The SMILES string of the molecule is COC(=O)CCCCN1C(=O)[C@@]2(O[C@@H](CC(=O)N(CCO)Cc3ccccc3)[C@H]([Si](C)(C)F)[C@H]2C)c2cc(N3C(=O)CCc4ccccc43)ccc21. The van der Waals surface area contributed by atoms with Gasteiger partial charge < -0.3 is 28.5 Å². The molecular weight excluding hydrogens is 682 g/mol. The van der Waals surface area contributed by atoms with Crippen LogP contribution < -0.4 is 9.80 Å². The Morgan fingerprint density at radius 3 is 2.46 bits per heavy atom. The number of nitrogens with zero attached hydrogens (tertiary/aromatic N) is 3. The number of aliphatic hydroxyl groups is 1. The summed E-state index contributed by atoms with van der Waals surface area (Å²) in [7, 11) is -2.26. The quantitative estimate of drug-likeness (QED) is 0.0968. The van der Waals surface area contributed by atoms with E-state index >= 15 is 4.11 Å². The van der Waals surface area contributed by atoms with Crippen molar-refractivity contribution in [2.45, 2.75) is 82.3 Å². The van der Waals surface area contributed by atoms with E-state index in [0.717, 1.165) is 16.8 Å². The summed E-state index contributed by atoms with van der Waals surface area (Å²) in [4.78, 5) is 59.1. The Labute approximate surface area is 305 Å². The first-order chi connectivity index (χ1) is 24.9. The average molecular weight is 730 g/mol. The number of aryl methyl sites for hydroxylation is 1. The number of amides is 3. The molecule has 3 aliphatic heterocycles. The normalized spacial score (nSPS) is 22.5. The predicted octanol–water partition coefficient (Wildman–Crippen LogP) is 6.17. The topological polar surface area (TPSA) is 117 Å². The third-order valence-electron chi connectivity index (χ3n) is 10.8. The van der Waals surface area contributed by atoms with Gasteiger partial charge in [0, 0.05) is 55.2 Å². The van der Waals surface area contributed by atoms with Gasteiger partial charge in [-0.25, -0.2) is 0 Å². The van der Waals surface area contributed by atoms with Gasteiger partial charge in [-0.05, 0) is 67.7 Å². The van der Waals surface area contributed by atoms with Crippen LogP contribution in [-0.2, 0) is 47.2 Å². The van der Waals surface area contributed by atoms with Crippen molar-refractivity contribution in [3.63, 3.8) is 0 Å². The number of esters is 1. The molecule has 1 N–H and O–H groups in total. The molecule has 3 aromatic carbocycles. The van der Waals surface area contributed by atoms with Crippen molar-refractivity contribution in [2.75, 3.05) is 36.6 Å². The molecule has 276 valence electrons. The van der Waals surface area contributed by atoms with Crippen molar-refractivity contribution in [1.82, 2.24) is 4.90 Å². The molecule has 52 heavy (non-hydrogen) atoms. The van der Waals surface area contributed by atoms with Crippen LogP contribution in [0.3, 0.4) is 0 Å². The van der Waals surface area contributed by atoms with E-state index in [1.807, 2.05) is 79.7 Å². The molecule has 10 nitrogen and oxygen atoms in total. The van der Waals surface area contributed by atoms with Crippen LogP contribution in [-0.4, -0.2) is 75.0 Å². The number of rotatable bonds is 13. The maximum atomic E-state index is 16.6. The lowest BCUT2D eigenvalue weighted by Crippen LogP contribution is -2.45. The fourth-order valence-electron chi connectivity index (χ4n) is 8.47. The third kappa shape index (κ3) is 7.03. The van der Waals surface area contributed by atoms with E-state index in [4.69, 9.17) is 9.47 Å². The number of benzene rings is 3. The molecule has 0 radical (unpaired) electrons. The second kappa shape index (κ2) is 15.3. The van der Waals surface area contributed by atoms with Gasteiger partial charge in [0.25, 0.3) is 5.91 Å². The van der Waals surface area contributed by atoms with Crippen molar-refractivity contribution in [3.8, 4) is 0 Å². The van der Waals surface area contributed by atoms with Crippen LogP contribution >= 0.6 is 0 Å². The Balaban J connectivity index is 1.40. The number of fused-ring (bicyclic) bond motifs is 3. The molecule has 0 aliphatic carbocycles.